The van der Waals surface area contributed by atoms with E-state index < -0.39 is 0 Å². The molecule has 0 amide bonds. The first-order valence-corrected chi connectivity index (χ1v) is 6.54. The molecule has 0 fully saturated rings. The van der Waals surface area contributed by atoms with E-state index in [0.29, 0.717) is 11.4 Å². The van der Waals surface area contributed by atoms with Crippen LogP contribution in [0.1, 0.15) is 5.82 Å². The number of aromatic amines is 1. The van der Waals surface area contributed by atoms with Gasteiger partial charge in [-0.2, -0.15) is 5.26 Å². The third-order valence-electron chi connectivity index (χ3n) is 3.26. The summed E-state index contributed by atoms with van der Waals surface area (Å²) in [6, 6.07) is 15.7. The second kappa shape index (κ2) is 5.47. The van der Waals surface area contributed by atoms with Crippen LogP contribution in [0, 0.1) is 11.3 Å². The molecule has 3 rings (SSSR count). The molecule has 0 bridgehead atoms. The van der Waals surface area contributed by atoms with Gasteiger partial charge in [0.2, 0.25) is 0 Å². The molecule has 0 spiro atoms. The quantitative estimate of drug-likeness (QED) is 0.570. The Kier molecular flexibility index (Phi) is 3.36. The standard InChI is InChI=1S/C16H13N5/c1-21-14-7-3-2-6-13(14)20-16(21)12(10-17)11-19-15-8-4-5-9-18-15/h2-9,11H,1H3,(H,18,19,20)/p+1. The van der Waals surface area contributed by atoms with Crippen molar-refractivity contribution in [2.24, 2.45) is 7.05 Å². The molecule has 0 radical (unpaired) electrons. The first kappa shape index (κ1) is 12.9. The number of imidazole rings is 1. The molecule has 0 aliphatic heterocycles. The number of anilines is 1. The van der Waals surface area contributed by atoms with Crippen LogP contribution in [0.15, 0.2) is 54.9 Å². The number of H-pyrrole nitrogens is 1. The Morgan fingerprint density at radius 1 is 1.29 bits per heavy atom. The van der Waals surface area contributed by atoms with E-state index in [4.69, 9.17) is 0 Å². The maximum absolute atomic E-state index is 9.40. The highest BCUT2D eigenvalue weighted by atomic mass is 15.1. The summed E-state index contributed by atoms with van der Waals surface area (Å²) < 4.78 is 1.96. The second-order valence-electron chi connectivity index (χ2n) is 4.58. The molecule has 5 heteroatoms. The minimum absolute atomic E-state index is 0.513. The Bertz CT molecular complexity index is 840. The highest BCUT2D eigenvalue weighted by Gasteiger charge is 2.18. The molecular weight excluding hydrogens is 262 g/mol. The normalized spacial score (nSPS) is 11.3. The van der Waals surface area contributed by atoms with Gasteiger partial charge in [0.05, 0.1) is 7.05 Å². The number of nitrogens with zero attached hydrogens (tertiary/aromatic N) is 3. The predicted molar refractivity (Wildman–Crippen MR) is 80.9 cm³/mol. The average Bonchev–Trinajstić information content (AvgIpc) is 2.87. The number of hydrogen-bond acceptors (Lipinski definition) is 3. The van der Waals surface area contributed by atoms with Gasteiger partial charge in [-0.1, -0.05) is 18.2 Å². The van der Waals surface area contributed by atoms with Crippen LogP contribution in [-0.2, 0) is 7.05 Å². The second-order valence-corrected chi connectivity index (χ2v) is 4.58. The van der Waals surface area contributed by atoms with Crippen LogP contribution in [0.3, 0.4) is 0 Å². The summed E-state index contributed by atoms with van der Waals surface area (Å²) in [5, 5.41) is 12.4. The predicted octanol–water partition coefficient (Wildman–Crippen LogP) is 2.36. The zero-order valence-electron chi connectivity index (χ0n) is 11.5. The van der Waals surface area contributed by atoms with Crippen molar-refractivity contribution in [3.8, 4) is 6.07 Å². The summed E-state index contributed by atoms with van der Waals surface area (Å²) in [5.41, 5.74) is 2.56. The smallest absolute Gasteiger partial charge is 0.299 e. The van der Waals surface area contributed by atoms with Gasteiger partial charge in [0.25, 0.3) is 5.82 Å². The lowest BCUT2D eigenvalue weighted by Gasteiger charge is -1.98. The molecule has 0 aliphatic rings. The number of nitriles is 1. The number of rotatable bonds is 3. The lowest BCUT2D eigenvalue weighted by molar-refractivity contribution is -0.647. The molecule has 0 atom stereocenters. The Morgan fingerprint density at radius 2 is 2.10 bits per heavy atom. The number of nitrogens with one attached hydrogen (secondary N) is 2. The monoisotopic (exact) mass is 276 g/mol. The summed E-state index contributed by atoms with van der Waals surface area (Å²) in [6.07, 6.45) is 3.36. The van der Waals surface area contributed by atoms with Crippen LogP contribution in [0.2, 0.25) is 0 Å². The Balaban J connectivity index is 1.99. The Morgan fingerprint density at radius 3 is 2.81 bits per heavy atom. The van der Waals surface area contributed by atoms with Gasteiger partial charge in [0.15, 0.2) is 16.6 Å². The van der Waals surface area contributed by atoms with Gasteiger partial charge in [-0.3, -0.25) is 0 Å². The van der Waals surface area contributed by atoms with E-state index in [9.17, 15) is 5.26 Å². The molecule has 0 aliphatic carbocycles. The van der Waals surface area contributed by atoms with Crippen molar-refractivity contribution in [1.82, 2.24) is 9.97 Å². The van der Waals surface area contributed by atoms with E-state index in [-0.39, 0.29) is 0 Å². The van der Waals surface area contributed by atoms with Crippen molar-refractivity contribution >= 4 is 22.4 Å². The summed E-state index contributed by atoms with van der Waals surface area (Å²) in [4.78, 5) is 7.42. The fourth-order valence-electron chi connectivity index (χ4n) is 2.20. The SMILES string of the molecule is C[n+]1c(C(C#N)=CNc2ccccn2)[nH]c2ccccc21. The summed E-state index contributed by atoms with van der Waals surface area (Å²) in [5.74, 6) is 1.45. The molecule has 102 valence electrons. The molecule has 3 aromatic rings. The van der Waals surface area contributed by atoms with Gasteiger partial charge < -0.3 is 5.32 Å². The Hall–Kier alpha value is -3.13. The van der Waals surface area contributed by atoms with Crippen molar-refractivity contribution in [2.45, 2.75) is 0 Å². The Labute approximate surface area is 122 Å². The lowest BCUT2D eigenvalue weighted by Crippen LogP contribution is -2.31. The fraction of sp³-hybridized carbons (Fsp3) is 0.0625. The molecule has 0 unspecified atom stereocenters. The van der Waals surface area contributed by atoms with Gasteiger partial charge in [0, 0.05) is 12.4 Å². The third-order valence-corrected chi connectivity index (χ3v) is 3.26. The van der Waals surface area contributed by atoms with E-state index in [1.54, 1.807) is 12.4 Å². The molecule has 2 N–H and O–H groups in total. The minimum atomic E-state index is 0.513. The number of hydrogen-bond donors (Lipinski definition) is 2. The summed E-state index contributed by atoms with van der Waals surface area (Å²) >= 11 is 0. The van der Waals surface area contributed by atoms with Crippen LogP contribution in [0.5, 0.6) is 0 Å². The average molecular weight is 276 g/mol. The van der Waals surface area contributed by atoms with E-state index in [1.807, 2.05) is 54.1 Å². The largest absolute Gasteiger partial charge is 0.345 e. The van der Waals surface area contributed by atoms with E-state index >= 15 is 0 Å². The molecule has 2 aromatic heterocycles. The van der Waals surface area contributed by atoms with Crippen molar-refractivity contribution in [1.29, 1.82) is 5.26 Å². The fourth-order valence-corrected chi connectivity index (χ4v) is 2.20. The van der Waals surface area contributed by atoms with E-state index in [0.717, 1.165) is 16.9 Å². The number of benzene rings is 1. The van der Waals surface area contributed by atoms with Crippen LogP contribution in [0.25, 0.3) is 16.6 Å². The first-order valence-electron chi connectivity index (χ1n) is 6.54. The zero-order chi connectivity index (χ0) is 14.7. The van der Waals surface area contributed by atoms with Gasteiger partial charge in [-0.25, -0.2) is 14.5 Å². The van der Waals surface area contributed by atoms with Crippen molar-refractivity contribution < 1.29 is 4.57 Å². The summed E-state index contributed by atoms with van der Waals surface area (Å²) in [7, 11) is 1.93. The number of para-hydroxylation sites is 2. The first-order chi connectivity index (χ1) is 10.3. The number of aromatic nitrogens is 3. The maximum atomic E-state index is 9.40. The van der Waals surface area contributed by atoms with Crippen LogP contribution in [0.4, 0.5) is 5.82 Å². The highest BCUT2D eigenvalue weighted by molar-refractivity contribution is 5.78. The zero-order valence-corrected chi connectivity index (χ0v) is 11.5. The van der Waals surface area contributed by atoms with Crippen molar-refractivity contribution in [3.05, 3.63) is 60.7 Å². The lowest BCUT2D eigenvalue weighted by atomic mass is 10.3. The topological polar surface area (TPSA) is 68.4 Å². The number of pyridine rings is 1. The minimum Gasteiger partial charge on any atom is -0.345 e. The number of fused-ring (bicyclic) bond motifs is 1. The number of allylic oxidation sites excluding steroid dienone is 1. The van der Waals surface area contributed by atoms with Crippen molar-refractivity contribution in [3.63, 3.8) is 0 Å². The molecule has 21 heavy (non-hydrogen) atoms. The third kappa shape index (κ3) is 2.47. The molecule has 1 aromatic carbocycles. The molecule has 5 nitrogen and oxygen atoms in total. The van der Waals surface area contributed by atoms with Gasteiger partial charge in [-0.15, -0.1) is 0 Å². The van der Waals surface area contributed by atoms with Gasteiger partial charge in [0.1, 0.15) is 11.9 Å². The van der Waals surface area contributed by atoms with Crippen LogP contribution >= 0.6 is 0 Å². The van der Waals surface area contributed by atoms with Crippen LogP contribution in [-0.4, -0.2) is 9.97 Å². The summed E-state index contributed by atoms with van der Waals surface area (Å²) in [6.45, 7) is 0. The van der Waals surface area contributed by atoms with E-state index in [1.165, 1.54) is 0 Å². The molecule has 0 saturated heterocycles. The maximum Gasteiger partial charge on any atom is 0.299 e. The van der Waals surface area contributed by atoms with Gasteiger partial charge >= 0.3 is 0 Å². The van der Waals surface area contributed by atoms with E-state index in [2.05, 4.69) is 21.4 Å². The number of aryl methyl sites for hydroxylation is 1. The van der Waals surface area contributed by atoms with Crippen molar-refractivity contribution in [2.75, 3.05) is 5.32 Å². The van der Waals surface area contributed by atoms with Gasteiger partial charge in [-0.05, 0) is 24.3 Å². The van der Waals surface area contributed by atoms with Crippen LogP contribution < -0.4 is 9.88 Å². The molecule has 2 heterocycles. The molecular formula is C16H14N5+. The highest BCUT2D eigenvalue weighted by Crippen LogP contribution is 2.14. The molecule has 0 saturated carbocycles.